The first-order chi connectivity index (χ1) is 12.2. The van der Waals surface area contributed by atoms with Gasteiger partial charge < -0.3 is 0 Å². The van der Waals surface area contributed by atoms with Gasteiger partial charge in [0.05, 0.1) is 13.2 Å². The van der Waals surface area contributed by atoms with Gasteiger partial charge in [-0.2, -0.15) is 5.10 Å². The molecular weight excluding hydrogens is 411 g/mol. The molecule has 142 valence electrons. The van der Waals surface area contributed by atoms with Crippen molar-refractivity contribution >= 4 is 40.7 Å². The van der Waals surface area contributed by atoms with E-state index in [4.69, 9.17) is 39.6 Å². The summed E-state index contributed by atoms with van der Waals surface area (Å²) in [6.07, 6.45) is -2.63. The highest BCUT2D eigenvalue weighted by Gasteiger charge is 2.32. The molecule has 1 heterocycles. The molecule has 0 spiro atoms. The highest BCUT2D eigenvalue weighted by molar-refractivity contribution is 6.35. The van der Waals surface area contributed by atoms with Gasteiger partial charge in [-0.15, -0.1) is 0 Å². The predicted molar refractivity (Wildman–Crippen MR) is 96.0 cm³/mol. The van der Waals surface area contributed by atoms with E-state index in [0.717, 1.165) is 15.3 Å². The van der Waals surface area contributed by atoms with E-state index in [0.29, 0.717) is 16.5 Å². The Bertz CT molecular complexity index is 814. The van der Waals surface area contributed by atoms with Crippen LogP contribution < -0.4 is 0 Å². The van der Waals surface area contributed by atoms with Gasteiger partial charge >= 0.3 is 0 Å². The van der Waals surface area contributed by atoms with Gasteiger partial charge in [0.15, 0.2) is 0 Å². The van der Waals surface area contributed by atoms with Gasteiger partial charge in [-0.05, 0) is 31.0 Å². The second kappa shape index (κ2) is 8.52. The Hall–Kier alpha value is -1.41. The number of hydrogen-bond donors (Lipinski definition) is 0. The molecule has 0 fully saturated rings. The molecule has 10 heteroatoms. The fraction of sp³-hybridized carbons (Fsp3) is 0.375. The van der Waals surface area contributed by atoms with Gasteiger partial charge in [-0.1, -0.05) is 40.9 Å². The molecule has 2 aromatic rings. The number of alkyl halides is 2. The van der Waals surface area contributed by atoms with Gasteiger partial charge in [-0.25, -0.2) is 13.8 Å². The van der Waals surface area contributed by atoms with Gasteiger partial charge in [0, 0.05) is 17.1 Å². The SMILES string of the molecule is CON(C(=O)c1c(C(F)F)nn(C)c1Cl)[C@@H](C)Cc1ccc(Cl)cc1Cl. The molecule has 0 bridgehead atoms. The van der Waals surface area contributed by atoms with Crippen molar-refractivity contribution < 1.29 is 18.4 Å². The van der Waals surface area contributed by atoms with E-state index in [1.54, 1.807) is 25.1 Å². The number of amides is 1. The minimum atomic E-state index is -2.95. The third-order valence-corrected chi connectivity index (χ3v) is 4.77. The van der Waals surface area contributed by atoms with E-state index >= 15 is 0 Å². The molecule has 0 saturated heterocycles. The number of rotatable bonds is 6. The van der Waals surface area contributed by atoms with Gasteiger partial charge in [0.2, 0.25) is 0 Å². The zero-order valence-electron chi connectivity index (χ0n) is 14.1. The number of halogens is 5. The van der Waals surface area contributed by atoms with Crippen LogP contribution in [0.25, 0.3) is 0 Å². The molecule has 0 aliphatic carbocycles. The first-order valence-corrected chi connectivity index (χ1v) is 8.62. The Morgan fingerprint density at radius 2 is 2.00 bits per heavy atom. The van der Waals surface area contributed by atoms with Crippen LogP contribution in [0.1, 0.15) is 35.0 Å². The average Bonchev–Trinajstić information content (AvgIpc) is 2.86. The number of carbonyl (C=O) groups excluding carboxylic acids is 1. The van der Waals surface area contributed by atoms with Crippen LogP contribution in [0.15, 0.2) is 18.2 Å². The molecule has 26 heavy (non-hydrogen) atoms. The third-order valence-electron chi connectivity index (χ3n) is 3.75. The van der Waals surface area contributed by atoms with Gasteiger partial charge in [0.1, 0.15) is 16.4 Å². The van der Waals surface area contributed by atoms with Crippen molar-refractivity contribution in [3.05, 3.63) is 50.2 Å². The Morgan fingerprint density at radius 3 is 2.54 bits per heavy atom. The van der Waals surface area contributed by atoms with Crippen molar-refractivity contribution in [3.63, 3.8) is 0 Å². The van der Waals surface area contributed by atoms with Gasteiger partial charge in [0.25, 0.3) is 12.3 Å². The monoisotopic (exact) mass is 425 g/mol. The van der Waals surface area contributed by atoms with Crippen LogP contribution in [0.3, 0.4) is 0 Å². The Labute approximate surface area is 164 Å². The summed E-state index contributed by atoms with van der Waals surface area (Å²) in [6.45, 7) is 1.69. The van der Waals surface area contributed by atoms with Crippen LogP contribution in [-0.4, -0.2) is 33.9 Å². The summed E-state index contributed by atoms with van der Waals surface area (Å²) >= 11 is 18.0. The summed E-state index contributed by atoms with van der Waals surface area (Å²) in [5, 5.41) is 5.30. The minimum Gasteiger partial charge on any atom is -0.274 e. The second-order valence-electron chi connectivity index (χ2n) is 5.58. The number of hydroxylamine groups is 2. The molecule has 1 aromatic heterocycles. The van der Waals surface area contributed by atoms with E-state index in [-0.39, 0.29) is 10.7 Å². The third kappa shape index (κ3) is 4.28. The number of nitrogens with zero attached hydrogens (tertiary/aromatic N) is 3. The molecule has 0 unspecified atom stereocenters. The maximum atomic E-state index is 13.2. The Kier molecular flexibility index (Phi) is 6.85. The number of hydrogen-bond acceptors (Lipinski definition) is 3. The lowest BCUT2D eigenvalue weighted by atomic mass is 10.1. The summed E-state index contributed by atoms with van der Waals surface area (Å²) in [5.74, 6) is -0.807. The zero-order chi connectivity index (χ0) is 19.6. The first kappa shape index (κ1) is 20.9. The number of aryl methyl sites for hydroxylation is 1. The summed E-state index contributed by atoms with van der Waals surface area (Å²) in [5.41, 5.74) is -0.355. The predicted octanol–water partition coefficient (Wildman–Crippen LogP) is 4.95. The highest BCUT2D eigenvalue weighted by atomic mass is 35.5. The van der Waals surface area contributed by atoms with E-state index in [2.05, 4.69) is 5.10 Å². The quantitative estimate of drug-likeness (QED) is 0.614. The molecule has 0 aliphatic rings. The van der Waals surface area contributed by atoms with E-state index in [1.165, 1.54) is 14.2 Å². The molecule has 0 saturated carbocycles. The van der Waals surface area contributed by atoms with E-state index in [1.807, 2.05) is 0 Å². The molecule has 0 radical (unpaired) electrons. The lowest BCUT2D eigenvalue weighted by Gasteiger charge is -2.27. The average molecular weight is 427 g/mol. The second-order valence-corrected chi connectivity index (χ2v) is 6.78. The highest BCUT2D eigenvalue weighted by Crippen LogP contribution is 2.30. The smallest absolute Gasteiger partial charge is 0.274 e. The fourth-order valence-electron chi connectivity index (χ4n) is 2.54. The molecule has 1 aromatic carbocycles. The minimum absolute atomic E-state index is 0.191. The van der Waals surface area contributed by atoms with Crippen LogP contribution >= 0.6 is 34.8 Å². The molecule has 2 rings (SSSR count). The molecule has 1 amide bonds. The number of aromatic nitrogens is 2. The van der Waals surface area contributed by atoms with Crippen molar-refractivity contribution in [2.75, 3.05) is 7.11 Å². The largest absolute Gasteiger partial charge is 0.283 e. The van der Waals surface area contributed by atoms with E-state index < -0.39 is 24.1 Å². The van der Waals surface area contributed by atoms with E-state index in [9.17, 15) is 13.6 Å². The number of carbonyl (C=O) groups is 1. The van der Waals surface area contributed by atoms with Crippen molar-refractivity contribution in [2.24, 2.45) is 7.05 Å². The fourth-order valence-corrected chi connectivity index (χ4v) is 3.24. The molecule has 0 aliphatic heterocycles. The summed E-state index contributed by atoms with van der Waals surface area (Å²) in [4.78, 5) is 17.9. The standard InChI is InChI=1S/C16H16Cl3F2N3O2/c1-8(6-9-4-5-10(17)7-11(9)18)24(26-3)16(25)12-13(15(20)21)22-23(2)14(12)19/h4-5,7-8,15H,6H2,1-3H3/t8-/m0/s1. The maximum absolute atomic E-state index is 13.2. The molecule has 5 nitrogen and oxygen atoms in total. The van der Waals surface area contributed by atoms with Crippen molar-refractivity contribution in [3.8, 4) is 0 Å². The molecule has 0 N–H and O–H groups in total. The van der Waals surface area contributed by atoms with Crippen molar-refractivity contribution in [1.82, 2.24) is 14.8 Å². The Balaban J connectivity index is 2.31. The molecular formula is C16H16Cl3F2N3O2. The van der Waals surface area contributed by atoms with Crippen molar-refractivity contribution in [1.29, 1.82) is 0 Å². The van der Waals surface area contributed by atoms with Gasteiger partial charge in [-0.3, -0.25) is 14.3 Å². The summed E-state index contributed by atoms with van der Waals surface area (Å²) < 4.78 is 27.4. The van der Waals surface area contributed by atoms with Crippen LogP contribution in [-0.2, 0) is 18.3 Å². The van der Waals surface area contributed by atoms with Crippen LogP contribution in [0.4, 0.5) is 8.78 Å². The van der Waals surface area contributed by atoms with Crippen molar-refractivity contribution in [2.45, 2.75) is 25.8 Å². The first-order valence-electron chi connectivity index (χ1n) is 7.49. The Morgan fingerprint density at radius 1 is 1.35 bits per heavy atom. The number of benzene rings is 1. The topological polar surface area (TPSA) is 47.4 Å². The zero-order valence-corrected chi connectivity index (χ0v) is 16.4. The maximum Gasteiger partial charge on any atom is 0.283 e. The van der Waals surface area contributed by atoms with Crippen LogP contribution in [0, 0.1) is 0 Å². The lowest BCUT2D eigenvalue weighted by Crippen LogP contribution is -2.39. The summed E-state index contributed by atoms with van der Waals surface area (Å²) in [7, 11) is 2.64. The molecule has 1 atom stereocenters. The van der Waals surface area contributed by atoms with Crippen LogP contribution in [0.5, 0.6) is 0 Å². The van der Waals surface area contributed by atoms with Crippen LogP contribution in [0.2, 0.25) is 15.2 Å². The normalized spacial score (nSPS) is 12.5. The lowest BCUT2D eigenvalue weighted by molar-refractivity contribution is -0.119. The summed E-state index contributed by atoms with van der Waals surface area (Å²) in [6, 6.07) is 4.45.